The van der Waals surface area contributed by atoms with E-state index in [0.29, 0.717) is 18.7 Å². The van der Waals surface area contributed by atoms with Crippen molar-refractivity contribution in [3.05, 3.63) is 54.1 Å². The predicted molar refractivity (Wildman–Crippen MR) is 103 cm³/mol. The van der Waals surface area contributed by atoms with E-state index in [2.05, 4.69) is 0 Å². The van der Waals surface area contributed by atoms with Gasteiger partial charge < -0.3 is 14.7 Å². The van der Waals surface area contributed by atoms with Gasteiger partial charge in [0.25, 0.3) is 5.91 Å². The molecule has 5 nitrogen and oxygen atoms in total. The Kier molecular flexibility index (Phi) is 6.12. The van der Waals surface area contributed by atoms with Crippen LogP contribution in [0.4, 0.5) is 0 Å². The first kappa shape index (κ1) is 19.0. The number of phenolic OH excluding ortho intramolecular Hbond substituents is 1. The number of rotatable bonds is 5. The van der Waals surface area contributed by atoms with Gasteiger partial charge >= 0.3 is 5.97 Å². The Labute approximate surface area is 159 Å². The van der Waals surface area contributed by atoms with Gasteiger partial charge in [0.2, 0.25) is 0 Å². The predicted octanol–water partition coefficient (Wildman–Crippen LogP) is 4.01. The van der Waals surface area contributed by atoms with Crippen molar-refractivity contribution >= 4 is 11.9 Å². The van der Waals surface area contributed by atoms with Gasteiger partial charge in [-0.15, -0.1) is 0 Å². The summed E-state index contributed by atoms with van der Waals surface area (Å²) in [7, 11) is 0. The van der Waals surface area contributed by atoms with E-state index in [9.17, 15) is 14.7 Å². The van der Waals surface area contributed by atoms with Crippen molar-refractivity contribution < 1.29 is 19.4 Å². The van der Waals surface area contributed by atoms with Gasteiger partial charge in [-0.2, -0.15) is 0 Å². The SMILES string of the molecule is CCOC(=O)CC1CCCCN1C(=O)c1ccc(-c2ccc(O)cc2)cc1. The Balaban J connectivity index is 1.73. The number of carbonyl (C=O) groups is 2. The van der Waals surface area contributed by atoms with Crippen LogP contribution in [0.25, 0.3) is 11.1 Å². The lowest BCUT2D eigenvalue weighted by atomic mass is 9.97. The molecule has 1 aliphatic rings. The van der Waals surface area contributed by atoms with Crippen molar-refractivity contribution in [1.29, 1.82) is 0 Å². The molecule has 2 aromatic carbocycles. The standard InChI is InChI=1S/C22H25NO4/c1-2-27-21(25)15-19-5-3-4-14-23(19)22(26)18-8-6-16(7-9-18)17-10-12-20(24)13-11-17/h6-13,19,24H,2-5,14-15H2,1H3. The molecule has 1 saturated heterocycles. The maximum Gasteiger partial charge on any atom is 0.307 e. The molecule has 27 heavy (non-hydrogen) atoms. The Morgan fingerprint density at radius 1 is 1.04 bits per heavy atom. The molecule has 1 atom stereocenters. The number of benzene rings is 2. The number of hydrogen-bond donors (Lipinski definition) is 1. The van der Waals surface area contributed by atoms with Gasteiger partial charge in [0, 0.05) is 18.2 Å². The average Bonchev–Trinajstić information content (AvgIpc) is 2.69. The minimum absolute atomic E-state index is 0.0405. The lowest BCUT2D eigenvalue weighted by molar-refractivity contribution is -0.144. The van der Waals surface area contributed by atoms with Gasteiger partial charge in [-0.25, -0.2) is 0 Å². The van der Waals surface area contributed by atoms with Crippen molar-refractivity contribution in [3.8, 4) is 16.9 Å². The van der Waals surface area contributed by atoms with Crippen LogP contribution in [-0.4, -0.2) is 41.1 Å². The topological polar surface area (TPSA) is 66.8 Å². The first-order chi connectivity index (χ1) is 13.1. The maximum atomic E-state index is 13.0. The highest BCUT2D eigenvalue weighted by Gasteiger charge is 2.29. The van der Waals surface area contributed by atoms with Crippen LogP contribution in [0.3, 0.4) is 0 Å². The number of amides is 1. The molecule has 1 fully saturated rings. The van der Waals surface area contributed by atoms with Crippen molar-refractivity contribution in [2.75, 3.05) is 13.2 Å². The molecule has 1 aliphatic heterocycles. The summed E-state index contributed by atoms with van der Waals surface area (Å²) < 4.78 is 5.06. The Morgan fingerprint density at radius 2 is 1.67 bits per heavy atom. The molecule has 5 heteroatoms. The first-order valence-electron chi connectivity index (χ1n) is 9.44. The molecule has 142 valence electrons. The van der Waals surface area contributed by atoms with Crippen LogP contribution in [0.15, 0.2) is 48.5 Å². The van der Waals surface area contributed by atoms with Crippen LogP contribution >= 0.6 is 0 Å². The zero-order chi connectivity index (χ0) is 19.2. The Hall–Kier alpha value is -2.82. The second-order valence-electron chi connectivity index (χ2n) is 6.78. The molecular weight excluding hydrogens is 342 g/mol. The number of piperidine rings is 1. The highest BCUT2D eigenvalue weighted by molar-refractivity contribution is 5.95. The van der Waals surface area contributed by atoms with E-state index in [-0.39, 0.29) is 30.1 Å². The van der Waals surface area contributed by atoms with E-state index >= 15 is 0 Å². The minimum atomic E-state index is -0.245. The fraction of sp³-hybridized carbons (Fsp3) is 0.364. The van der Waals surface area contributed by atoms with E-state index in [0.717, 1.165) is 30.4 Å². The van der Waals surface area contributed by atoms with Gasteiger partial charge in [0.1, 0.15) is 5.75 Å². The average molecular weight is 367 g/mol. The summed E-state index contributed by atoms with van der Waals surface area (Å²) in [5.74, 6) is -0.0607. The number of aromatic hydroxyl groups is 1. The van der Waals surface area contributed by atoms with E-state index in [4.69, 9.17) is 4.74 Å². The summed E-state index contributed by atoms with van der Waals surface area (Å²) in [5.41, 5.74) is 2.58. The summed E-state index contributed by atoms with van der Waals surface area (Å²) in [6.07, 6.45) is 3.06. The molecule has 0 aliphatic carbocycles. The second kappa shape index (κ2) is 8.71. The molecule has 0 radical (unpaired) electrons. The van der Waals surface area contributed by atoms with Gasteiger partial charge in [0.05, 0.1) is 13.0 Å². The first-order valence-corrected chi connectivity index (χ1v) is 9.44. The number of hydrogen-bond acceptors (Lipinski definition) is 4. The highest BCUT2D eigenvalue weighted by atomic mass is 16.5. The van der Waals surface area contributed by atoms with Gasteiger partial charge in [-0.3, -0.25) is 9.59 Å². The fourth-order valence-corrected chi connectivity index (χ4v) is 3.52. The van der Waals surface area contributed by atoms with Crippen LogP contribution in [0.1, 0.15) is 43.0 Å². The van der Waals surface area contributed by atoms with Gasteiger partial charge in [-0.1, -0.05) is 24.3 Å². The third-order valence-corrected chi connectivity index (χ3v) is 4.93. The van der Waals surface area contributed by atoms with Crippen molar-refractivity contribution in [1.82, 2.24) is 4.90 Å². The molecule has 1 amide bonds. The zero-order valence-corrected chi connectivity index (χ0v) is 15.6. The van der Waals surface area contributed by atoms with Crippen LogP contribution in [0.2, 0.25) is 0 Å². The van der Waals surface area contributed by atoms with Crippen LogP contribution < -0.4 is 0 Å². The Morgan fingerprint density at radius 3 is 2.30 bits per heavy atom. The number of phenols is 1. The summed E-state index contributed by atoms with van der Waals surface area (Å²) in [6, 6.07) is 14.3. The summed E-state index contributed by atoms with van der Waals surface area (Å²) in [4.78, 5) is 26.7. The maximum absolute atomic E-state index is 13.0. The lowest BCUT2D eigenvalue weighted by Gasteiger charge is -2.35. The smallest absolute Gasteiger partial charge is 0.307 e. The summed E-state index contributed by atoms with van der Waals surface area (Å²) in [6.45, 7) is 2.82. The third kappa shape index (κ3) is 4.67. The molecule has 0 bridgehead atoms. The monoisotopic (exact) mass is 367 g/mol. The molecule has 1 N–H and O–H groups in total. The zero-order valence-electron chi connectivity index (χ0n) is 15.6. The van der Waals surface area contributed by atoms with E-state index in [1.807, 2.05) is 41.3 Å². The molecule has 0 aromatic heterocycles. The molecule has 1 heterocycles. The van der Waals surface area contributed by atoms with Crippen molar-refractivity contribution in [2.45, 2.75) is 38.6 Å². The van der Waals surface area contributed by atoms with E-state index < -0.39 is 0 Å². The lowest BCUT2D eigenvalue weighted by Crippen LogP contribution is -2.44. The van der Waals surface area contributed by atoms with Crippen LogP contribution in [0, 0.1) is 0 Å². The molecule has 0 spiro atoms. The highest BCUT2D eigenvalue weighted by Crippen LogP contribution is 2.25. The molecule has 2 aromatic rings. The van der Waals surface area contributed by atoms with Crippen molar-refractivity contribution in [3.63, 3.8) is 0 Å². The molecular formula is C22H25NO4. The quantitative estimate of drug-likeness (QED) is 0.811. The molecule has 1 unspecified atom stereocenters. The fourth-order valence-electron chi connectivity index (χ4n) is 3.52. The largest absolute Gasteiger partial charge is 0.508 e. The third-order valence-electron chi connectivity index (χ3n) is 4.93. The van der Waals surface area contributed by atoms with Crippen LogP contribution in [-0.2, 0) is 9.53 Å². The number of nitrogens with zero attached hydrogens (tertiary/aromatic N) is 1. The van der Waals surface area contributed by atoms with Gasteiger partial charge in [0.15, 0.2) is 0 Å². The number of carbonyl (C=O) groups excluding carboxylic acids is 2. The van der Waals surface area contributed by atoms with E-state index in [1.54, 1.807) is 19.1 Å². The van der Waals surface area contributed by atoms with Crippen LogP contribution in [0.5, 0.6) is 5.75 Å². The Bertz CT molecular complexity index is 783. The van der Waals surface area contributed by atoms with Gasteiger partial charge in [-0.05, 0) is 61.6 Å². The number of ether oxygens (including phenoxy) is 1. The second-order valence-corrected chi connectivity index (χ2v) is 6.78. The molecule has 3 rings (SSSR count). The molecule has 0 saturated carbocycles. The minimum Gasteiger partial charge on any atom is -0.508 e. The van der Waals surface area contributed by atoms with E-state index in [1.165, 1.54) is 0 Å². The number of likely N-dealkylation sites (tertiary alicyclic amines) is 1. The normalized spacial score (nSPS) is 16.8. The summed E-state index contributed by atoms with van der Waals surface area (Å²) >= 11 is 0. The number of esters is 1. The van der Waals surface area contributed by atoms with Crippen molar-refractivity contribution in [2.24, 2.45) is 0 Å². The summed E-state index contributed by atoms with van der Waals surface area (Å²) in [5, 5.41) is 9.40.